The zero-order valence-corrected chi connectivity index (χ0v) is 11.6. The second-order valence-corrected chi connectivity index (χ2v) is 5.18. The molecule has 5 nitrogen and oxygen atoms in total. The van der Waals surface area contributed by atoms with E-state index in [1.165, 1.54) is 0 Å². The fourth-order valence-electron chi connectivity index (χ4n) is 2.38. The Labute approximate surface area is 117 Å². The summed E-state index contributed by atoms with van der Waals surface area (Å²) in [4.78, 5) is 23.3. The molecule has 1 aliphatic rings. The van der Waals surface area contributed by atoms with Gasteiger partial charge >= 0.3 is 5.97 Å². The van der Waals surface area contributed by atoms with Gasteiger partial charge in [0.15, 0.2) is 0 Å². The van der Waals surface area contributed by atoms with Gasteiger partial charge in [0.25, 0.3) is 0 Å². The number of esters is 1. The second kappa shape index (κ2) is 6.05. The van der Waals surface area contributed by atoms with E-state index >= 15 is 0 Å². The average Bonchev–Trinajstić information content (AvgIpc) is 2.41. The lowest BCUT2D eigenvalue weighted by Crippen LogP contribution is -2.65. The third-order valence-corrected chi connectivity index (χ3v) is 3.65. The lowest BCUT2D eigenvalue weighted by Gasteiger charge is -2.41. The van der Waals surface area contributed by atoms with Crippen LogP contribution in [0, 0.1) is 11.8 Å². The number of amides is 1. The molecule has 0 spiro atoms. The average molecular weight is 277 g/mol. The first kappa shape index (κ1) is 14.5. The number of β-lactam (4-membered cyclic amide) rings is 1. The lowest BCUT2D eigenvalue weighted by atomic mass is 9.79. The molecule has 0 unspecified atom stereocenters. The van der Waals surface area contributed by atoms with Gasteiger partial charge in [0.1, 0.15) is 6.61 Å². The van der Waals surface area contributed by atoms with Crippen LogP contribution in [0.25, 0.3) is 0 Å². The van der Waals surface area contributed by atoms with E-state index in [9.17, 15) is 14.7 Å². The summed E-state index contributed by atoms with van der Waals surface area (Å²) in [6.45, 7) is 3.47. The topological polar surface area (TPSA) is 75.6 Å². The van der Waals surface area contributed by atoms with E-state index in [0.29, 0.717) is 0 Å². The Morgan fingerprint density at radius 3 is 2.55 bits per heavy atom. The maximum atomic E-state index is 12.0. The van der Waals surface area contributed by atoms with E-state index in [1.54, 1.807) is 13.8 Å². The molecule has 0 saturated carbocycles. The molecule has 108 valence electrons. The van der Waals surface area contributed by atoms with Gasteiger partial charge in [0.2, 0.25) is 5.91 Å². The van der Waals surface area contributed by atoms with Crippen molar-refractivity contribution in [3.8, 4) is 0 Å². The van der Waals surface area contributed by atoms with Crippen LogP contribution in [0.1, 0.15) is 19.4 Å². The number of hydrogen-bond donors (Lipinski definition) is 2. The number of nitrogens with one attached hydrogen (secondary N) is 1. The molecule has 5 heteroatoms. The Bertz CT molecular complexity index is 486. The van der Waals surface area contributed by atoms with Gasteiger partial charge in [-0.1, -0.05) is 30.3 Å². The summed E-state index contributed by atoms with van der Waals surface area (Å²) in [6, 6.07) is 9.05. The largest absolute Gasteiger partial charge is 0.461 e. The van der Waals surface area contributed by atoms with Crippen LogP contribution in [0.15, 0.2) is 30.3 Å². The summed E-state index contributed by atoms with van der Waals surface area (Å²) >= 11 is 0. The van der Waals surface area contributed by atoms with Crippen molar-refractivity contribution in [3.63, 3.8) is 0 Å². The SMILES string of the molecule is C[C@H](O)[C@H]1C(=O)N[C@@H]1[C@@H](C)C(=O)OCc1ccccc1. The predicted molar refractivity (Wildman–Crippen MR) is 72.5 cm³/mol. The van der Waals surface area contributed by atoms with Crippen LogP contribution in [-0.4, -0.2) is 29.1 Å². The molecule has 0 aliphatic carbocycles. The van der Waals surface area contributed by atoms with Crippen molar-refractivity contribution in [3.05, 3.63) is 35.9 Å². The Morgan fingerprint density at radius 1 is 1.35 bits per heavy atom. The van der Waals surface area contributed by atoms with Crippen LogP contribution in [0.5, 0.6) is 0 Å². The van der Waals surface area contributed by atoms with Crippen molar-refractivity contribution in [1.29, 1.82) is 0 Å². The molecule has 1 aliphatic heterocycles. The summed E-state index contributed by atoms with van der Waals surface area (Å²) in [5.74, 6) is -1.59. The molecule has 20 heavy (non-hydrogen) atoms. The van der Waals surface area contributed by atoms with E-state index in [2.05, 4.69) is 5.32 Å². The number of hydrogen-bond acceptors (Lipinski definition) is 4. The Hall–Kier alpha value is -1.88. The summed E-state index contributed by atoms with van der Waals surface area (Å²) in [5, 5.41) is 12.2. The van der Waals surface area contributed by atoms with Crippen LogP contribution in [0.3, 0.4) is 0 Å². The van der Waals surface area contributed by atoms with Gasteiger partial charge in [-0.3, -0.25) is 9.59 Å². The van der Waals surface area contributed by atoms with E-state index in [1.807, 2.05) is 30.3 Å². The van der Waals surface area contributed by atoms with Crippen LogP contribution in [0.2, 0.25) is 0 Å². The molecule has 0 aromatic heterocycles. The van der Waals surface area contributed by atoms with Gasteiger partial charge in [-0.2, -0.15) is 0 Å². The number of carbonyl (C=O) groups excluding carboxylic acids is 2. The highest BCUT2D eigenvalue weighted by Gasteiger charge is 2.47. The van der Waals surface area contributed by atoms with Crippen molar-refractivity contribution >= 4 is 11.9 Å². The molecule has 4 atom stereocenters. The third-order valence-electron chi connectivity index (χ3n) is 3.65. The number of aliphatic hydroxyl groups is 1. The number of carbonyl (C=O) groups is 2. The highest BCUT2D eigenvalue weighted by Crippen LogP contribution is 2.26. The molecular formula is C15H19NO4. The normalized spacial score (nSPS) is 24.2. The van der Waals surface area contributed by atoms with Gasteiger partial charge in [-0.05, 0) is 19.4 Å². The minimum atomic E-state index is -0.766. The molecule has 1 aromatic carbocycles. The molecule has 1 saturated heterocycles. The first-order valence-electron chi connectivity index (χ1n) is 6.69. The van der Waals surface area contributed by atoms with Gasteiger partial charge < -0.3 is 15.2 Å². The molecule has 2 rings (SSSR count). The second-order valence-electron chi connectivity index (χ2n) is 5.18. The molecule has 1 aromatic rings. The van der Waals surface area contributed by atoms with Crippen LogP contribution in [-0.2, 0) is 20.9 Å². The zero-order valence-electron chi connectivity index (χ0n) is 11.6. The van der Waals surface area contributed by atoms with Crippen LogP contribution >= 0.6 is 0 Å². The first-order valence-corrected chi connectivity index (χ1v) is 6.69. The van der Waals surface area contributed by atoms with Crippen molar-refractivity contribution in [1.82, 2.24) is 5.32 Å². The minimum absolute atomic E-state index is 0.212. The third kappa shape index (κ3) is 2.99. The maximum absolute atomic E-state index is 12.0. The van der Waals surface area contributed by atoms with Gasteiger partial charge in [0.05, 0.1) is 24.0 Å². The van der Waals surface area contributed by atoms with Crippen LogP contribution < -0.4 is 5.32 Å². The molecule has 1 fully saturated rings. The van der Waals surface area contributed by atoms with E-state index in [-0.39, 0.29) is 24.5 Å². The molecule has 2 N–H and O–H groups in total. The van der Waals surface area contributed by atoms with E-state index in [4.69, 9.17) is 4.74 Å². The fourth-order valence-corrected chi connectivity index (χ4v) is 2.38. The lowest BCUT2D eigenvalue weighted by molar-refractivity contribution is -0.157. The summed E-state index contributed by atoms with van der Waals surface area (Å²) in [5.41, 5.74) is 0.915. The summed E-state index contributed by atoms with van der Waals surface area (Å²) < 4.78 is 5.24. The number of aliphatic hydroxyl groups excluding tert-OH is 1. The summed E-state index contributed by atoms with van der Waals surface area (Å²) in [6.07, 6.45) is -0.766. The van der Waals surface area contributed by atoms with Crippen molar-refractivity contribution in [2.45, 2.75) is 32.6 Å². The van der Waals surface area contributed by atoms with Crippen molar-refractivity contribution in [2.24, 2.45) is 11.8 Å². The smallest absolute Gasteiger partial charge is 0.311 e. The summed E-state index contributed by atoms with van der Waals surface area (Å²) in [7, 11) is 0. The highest BCUT2D eigenvalue weighted by molar-refractivity contribution is 5.89. The number of rotatable bonds is 5. The minimum Gasteiger partial charge on any atom is -0.461 e. The maximum Gasteiger partial charge on any atom is 0.311 e. The quantitative estimate of drug-likeness (QED) is 0.618. The van der Waals surface area contributed by atoms with Gasteiger partial charge in [-0.25, -0.2) is 0 Å². The molecular weight excluding hydrogens is 258 g/mol. The number of ether oxygens (including phenoxy) is 1. The van der Waals surface area contributed by atoms with E-state index < -0.39 is 17.9 Å². The first-order chi connectivity index (χ1) is 9.50. The van der Waals surface area contributed by atoms with Crippen LogP contribution in [0.4, 0.5) is 0 Å². The van der Waals surface area contributed by atoms with E-state index in [0.717, 1.165) is 5.56 Å². The van der Waals surface area contributed by atoms with Crippen molar-refractivity contribution in [2.75, 3.05) is 0 Å². The highest BCUT2D eigenvalue weighted by atomic mass is 16.5. The standard InChI is InChI=1S/C15H19NO4/c1-9(13-12(10(2)17)14(18)16-13)15(19)20-8-11-6-4-3-5-7-11/h3-7,9-10,12-13,17H,8H2,1-2H3,(H,16,18)/t9-,10+,12-,13-/m1/s1. The molecule has 0 radical (unpaired) electrons. The van der Waals surface area contributed by atoms with Gasteiger partial charge in [-0.15, -0.1) is 0 Å². The van der Waals surface area contributed by atoms with Gasteiger partial charge in [0, 0.05) is 0 Å². The molecule has 1 amide bonds. The molecule has 1 heterocycles. The fraction of sp³-hybridized carbons (Fsp3) is 0.467. The van der Waals surface area contributed by atoms with Crippen molar-refractivity contribution < 1.29 is 19.4 Å². The Kier molecular flexibility index (Phi) is 4.39. The number of benzene rings is 1. The monoisotopic (exact) mass is 277 g/mol. The Balaban J connectivity index is 1.88. The predicted octanol–water partition coefficient (Wildman–Crippen LogP) is 0.861. The molecule has 0 bridgehead atoms. The zero-order chi connectivity index (χ0) is 14.7. The Morgan fingerprint density at radius 2 is 2.00 bits per heavy atom.